The number of nitrogens with zero attached hydrogens (tertiary/aromatic N) is 1. The molecular weight excluding hydrogens is 236 g/mol. The monoisotopic (exact) mass is 262 g/mol. The first-order valence-corrected chi connectivity index (χ1v) is 7.40. The van der Waals surface area contributed by atoms with Crippen LogP contribution in [0.25, 0.3) is 0 Å². The molecule has 0 bridgehead atoms. The van der Waals surface area contributed by atoms with Crippen molar-refractivity contribution in [1.29, 1.82) is 0 Å². The molecule has 0 aliphatic carbocycles. The van der Waals surface area contributed by atoms with E-state index < -0.39 is 0 Å². The molecule has 3 nitrogen and oxygen atoms in total. The Morgan fingerprint density at radius 2 is 2.11 bits per heavy atom. The molecule has 1 aromatic carbocycles. The van der Waals surface area contributed by atoms with Gasteiger partial charge in [-0.2, -0.15) is 0 Å². The van der Waals surface area contributed by atoms with E-state index in [1.165, 1.54) is 31.5 Å². The van der Waals surface area contributed by atoms with Crippen LogP contribution in [0.2, 0.25) is 0 Å². The van der Waals surface area contributed by atoms with Crippen molar-refractivity contribution in [2.45, 2.75) is 32.2 Å². The van der Waals surface area contributed by atoms with Gasteiger partial charge in [-0.05, 0) is 30.5 Å². The lowest BCUT2D eigenvalue weighted by Gasteiger charge is -2.33. The highest BCUT2D eigenvalue weighted by Crippen LogP contribution is 2.12. The molecule has 106 valence electrons. The van der Waals surface area contributed by atoms with Crippen LogP contribution in [0.3, 0.4) is 0 Å². The Balaban J connectivity index is 1.77. The summed E-state index contributed by atoms with van der Waals surface area (Å²) in [7, 11) is 1.71. The summed E-state index contributed by atoms with van der Waals surface area (Å²) in [6, 6.07) is 9.13. The lowest BCUT2D eigenvalue weighted by Crippen LogP contribution is -2.50. The van der Waals surface area contributed by atoms with Crippen molar-refractivity contribution in [1.82, 2.24) is 10.2 Å². The summed E-state index contributed by atoms with van der Waals surface area (Å²) in [5, 5.41) is 3.61. The highest BCUT2D eigenvalue weighted by molar-refractivity contribution is 5.27. The average Bonchev–Trinajstić information content (AvgIpc) is 2.46. The van der Waals surface area contributed by atoms with Crippen molar-refractivity contribution in [3.63, 3.8) is 0 Å². The molecule has 0 radical (unpaired) electrons. The number of nitrogens with one attached hydrogen (secondary N) is 1. The number of hydrogen-bond donors (Lipinski definition) is 1. The molecule has 2 rings (SSSR count). The van der Waals surface area contributed by atoms with E-state index in [2.05, 4.69) is 29.3 Å². The molecule has 1 aliphatic rings. The molecule has 1 atom stereocenters. The summed E-state index contributed by atoms with van der Waals surface area (Å²) in [5.41, 5.74) is 1.39. The zero-order chi connectivity index (χ0) is 13.5. The molecule has 1 aliphatic heterocycles. The van der Waals surface area contributed by atoms with Gasteiger partial charge in [0.05, 0.1) is 7.11 Å². The second kappa shape index (κ2) is 7.51. The van der Waals surface area contributed by atoms with Crippen LogP contribution in [-0.2, 0) is 6.42 Å². The SMILES string of the molecule is CCCC1CN(CCc2ccc(OC)cc2)CCN1. The highest BCUT2D eigenvalue weighted by Gasteiger charge is 2.17. The molecule has 3 heteroatoms. The van der Waals surface area contributed by atoms with E-state index in [9.17, 15) is 0 Å². The van der Waals surface area contributed by atoms with Gasteiger partial charge >= 0.3 is 0 Å². The maximum atomic E-state index is 5.19. The summed E-state index contributed by atoms with van der Waals surface area (Å²) in [6.45, 7) is 6.93. The van der Waals surface area contributed by atoms with E-state index in [1.54, 1.807) is 7.11 Å². The predicted octanol–water partition coefficient (Wildman–Crippen LogP) is 2.31. The predicted molar refractivity (Wildman–Crippen MR) is 79.8 cm³/mol. The summed E-state index contributed by atoms with van der Waals surface area (Å²) in [5.74, 6) is 0.939. The summed E-state index contributed by atoms with van der Waals surface area (Å²) < 4.78 is 5.19. The van der Waals surface area contributed by atoms with Crippen LogP contribution in [0, 0.1) is 0 Å². The second-order valence-corrected chi connectivity index (χ2v) is 5.34. The highest BCUT2D eigenvalue weighted by atomic mass is 16.5. The number of methoxy groups -OCH3 is 1. The fraction of sp³-hybridized carbons (Fsp3) is 0.625. The fourth-order valence-corrected chi connectivity index (χ4v) is 2.72. The Morgan fingerprint density at radius 1 is 1.32 bits per heavy atom. The minimum absolute atomic E-state index is 0.689. The Bertz CT molecular complexity index is 362. The molecule has 0 saturated carbocycles. The molecule has 19 heavy (non-hydrogen) atoms. The van der Waals surface area contributed by atoms with Gasteiger partial charge in [0.25, 0.3) is 0 Å². The molecular formula is C16H26N2O. The van der Waals surface area contributed by atoms with Gasteiger partial charge in [0.1, 0.15) is 5.75 Å². The Hall–Kier alpha value is -1.06. The first kappa shape index (κ1) is 14.4. The third kappa shape index (κ3) is 4.51. The molecule has 1 fully saturated rings. The molecule has 0 amide bonds. The topological polar surface area (TPSA) is 24.5 Å². The van der Waals surface area contributed by atoms with Gasteiger partial charge in [-0.15, -0.1) is 0 Å². The van der Waals surface area contributed by atoms with Crippen molar-refractivity contribution >= 4 is 0 Å². The molecule has 1 N–H and O–H groups in total. The minimum atomic E-state index is 0.689. The van der Waals surface area contributed by atoms with E-state index in [4.69, 9.17) is 4.74 Å². The van der Waals surface area contributed by atoms with Crippen LogP contribution in [0.15, 0.2) is 24.3 Å². The molecule has 1 heterocycles. The van der Waals surface area contributed by atoms with Gasteiger partial charge in [0, 0.05) is 32.2 Å². The van der Waals surface area contributed by atoms with Gasteiger partial charge in [-0.1, -0.05) is 25.5 Å². The Kier molecular flexibility index (Phi) is 5.67. The molecule has 0 spiro atoms. The van der Waals surface area contributed by atoms with E-state index in [0.717, 1.165) is 25.3 Å². The third-order valence-corrected chi connectivity index (χ3v) is 3.85. The quantitative estimate of drug-likeness (QED) is 0.851. The number of piperazine rings is 1. The first-order valence-electron chi connectivity index (χ1n) is 7.40. The van der Waals surface area contributed by atoms with Crippen LogP contribution < -0.4 is 10.1 Å². The molecule has 1 saturated heterocycles. The van der Waals surface area contributed by atoms with E-state index >= 15 is 0 Å². The maximum absolute atomic E-state index is 5.19. The van der Waals surface area contributed by atoms with Crippen LogP contribution in [-0.4, -0.2) is 44.2 Å². The van der Waals surface area contributed by atoms with Crippen molar-refractivity contribution in [2.75, 3.05) is 33.3 Å². The van der Waals surface area contributed by atoms with E-state index in [-0.39, 0.29) is 0 Å². The summed E-state index contributed by atoms with van der Waals surface area (Å²) in [6.07, 6.45) is 3.69. The van der Waals surface area contributed by atoms with Gasteiger partial charge in [0.2, 0.25) is 0 Å². The lowest BCUT2D eigenvalue weighted by molar-refractivity contribution is 0.196. The van der Waals surface area contributed by atoms with E-state index in [0.29, 0.717) is 6.04 Å². The summed E-state index contributed by atoms with van der Waals surface area (Å²) >= 11 is 0. The Labute approximate surface area is 116 Å². The van der Waals surface area contributed by atoms with Crippen molar-refractivity contribution in [3.8, 4) is 5.75 Å². The zero-order valence-electron chi connectivity index (χ0n) is 12.2. The normalized spacial score (nSPS) is 20.4. The van der Waals surface area contributed by atoms with Crippen molar-refractivity contribution in [3.05, 3.63) is 29.8 Å². The number of benzene rings is 1. The van der Waals surface area contributed by atoms with Crippen LogP contribution in [0.1, 0.15) is 25.3 Å². The molecule has 1 aromatic rings. The minimum Gasteiger partial charge on any atom is -0.497 e. The molecule has 0 aromatic heterocycles. The molecule has 1 unspecified atom stereocenters. The van der Waals surface area contributed by atoms with Gasteiger partial charge in [-0.25, -0.2) is 0 Å². The average molecular weight is 262 g/mol. The fourth-order valence-electron chi connectivity index (χ4n) is 2.72. The summed E-state index contributed by atoms with van der Waals surface area (Å²) in [4.78, 5) is 2.58. The standard InChI is InChI=1S/C16H26N2O/c1-3-4-15-13-18(12-10-17-15)11-9-14-5-7-16(19-2)8-6-14/h5-8,15,17H,3-4,9-13H2,1-2H3. The first-order chi connectivity index (χ1) is 9.31. The van der Waals surface area contributed by atoms with Crippen molar-refractivity contribution in [2.24, 2.45) is 0 Å². The zero-order valence-corrected chi connectivity index (χ0v) is 12.2. The lowest BCUT2D eigenvalue weighted by atomic mass is 10.1. The second-order valence-electron chi connectivity index (χ2n) is 5.34. The van der Waals surface area contributed by atoms with Crippen LogP contribution in [0.4, 0.5) is 0 Å². The van der Waals surface area contributed by atoms with Gasteiger partial charge < -0.3 is 15.0 Å². The van der Waals surface area contributed by atoms with Crippen LogP contribution in [0.5, 0.6) is 5.75 Å². The maximum Gasteiger partial charge on any atom is 0.118 e. The van der Waals surface area contributed by atoms with Gasteiger partial charge in [-0.3, -0.25) is 0 Å². The Morgan fingerprint density at radius 3 is 2.79 bits per heavy atom. The van der Waals surface area contributed by atoms with Crippen LogP contribution >= 0.6 is 0 Å². The smallest absolute Gasteiger partial charge is 0.118 e. The number of rotatable bonds is 6. The number of ether oxygens (including phenoxy) is 1. The number of hydrogen-bond acceptors (Lipinski definition) is 3. The van der Waals surface area contributed by atoms with E-state index in [1.807, 2.05) is 12.1 Å². The van der Waals surface area contributed by atoms with Crippen molar-refractivity contribution < 1.29 is 4.74 Å². The third-order valence-electron chi connectivity index (χ3n) is 3.85. The van der Waals surface area contributed by atoms with Gasteiger partial charge in [0.15, 0.2) is 0 Å². The largest absolute Gasteiger partial charge is 0.497 e.